The molecule has 1 aromatic heterocycles. The molecule has 3 N–H and O–H groups in total. The van der Waals surface area contributed by atoms with Crippen LogP contribution in [0.15, 0.2) is 36.4 Å². The molecule has 0 aliphatic rings. The molecule has 0 aliphatic heterocycles. The molecular formula is C15H17N3O2. The van der Waals surface area contributed by atoms with Crippen molar-refractivity contribution in [1.29, 1.82) is 5.41 Å². The molecule has 0 unspecified atom stereocenters. The molecule has 0 saturated heterocycles. The number of aryl methyl sites for hydroxylation is 1. The van der Waals surface area contributed by atoms with E-state index in [4.69, 9.17) is 20.6 Å². The van der Waals surface area contributed by atoms with Crippen molar-refractivity contribution in [1.82, 2.24) is 4.98 Å². The van der Waals surface area contributed by atoms with Gasteiger partial charge in [-0.3, -0.25) is 10.4 Å². The second-order valence-electron chi connectivity index (χ2n) is 4.34. The number of ether oxygens (including phenoxy) is 2. The van der Waals surface area contributed by atoms with Crippen molar-refractivity contribution in [3.8, 4) is 11.5 Å². The summed E-state index contributed by atoms with van der Waals surface area (Å²) in [5, 5.41) is 7.52. The highest BCUT2D eigenvalue weighted by molar-refractivity contribution is 5.97. The van der Waals surface area contributed by atoms with Gasteiger partial charge in [0.15, 0.2) is 0 Å². The van der Waals surface area contributed by atoms with E-state index in [0.29, 0.717) is 17.9 Å². The van der Waals surface area contributed by atoms with Crippen LogP contribution in [0.1, 0.15) is 17.0 Å². The predicted molar refractivity (Wildman–Crippen MR) is 77.3 cm³/mol. The minimum atomic E-state index is -0.0182. The first-order chi connectivity index (χ1) is 9.60. The van der Waals surface area contributed by atoms with Crippen LogP contribution in [0.25, 0.3) is 0 Å². The van der Waals surface area contributed by atoms with Crippen molar-refractivity contribution in [2.24, 2.45) is 5.73 Å². The van der Waals surface area contributed by atoms with Gasteiger partial charge in [-0.2, -0.15) is 0 Å². The van der Waals surface area contributed by atoms with E-state index in [1.807, 2.05) is 31.2 Å². The van der Waals surface area contributed by atoms with Crippen molar-refractivity contribution in [3.05, 3.63) is 53.3 Å². The summed E-state index contributed by atoms with van der Waals surface area (Å²) in [6.07, 6.45) is 0. The van der Waals surface area contributed by atoms with Gasteiger partial charge in [-0.25, -0.2) is 0 Å². The Hall–Kier alpha value is -2.56. The molecule has 104 valence electrons. The lowest BCUT2D eigenvalue weighted by atomic mass is 10.2. The third-order valence-electron chi connectivity index (χ3n) is 2.77. The number of para-hydroxylation sites is 1. The molecule has 0 atom stereocenters. The van der Waals surface area contributed by atoms with Gasteiger partial charge in [-0.15, -0.1) is 0 Å². The van der Waals surface area contributed by atoms with Crippen LogP contribution < -0.4 is 15.2 Å². The highest BCUT2D eigenvalue weighted by Crippen LogP contribution is 2.20. The van der Waals surface area contributed by atoms with E-state index in [2.05, 4.69) is 4.98 Å². The molecule has 1 aromatic carbocycles. The number of aromatic nitrogens is 1. The Kier molecular flexibility index (Phi) is 4.20. The second-order valence-corrected chi connectivity index (χ2v) is 4.34. The highest BCUT2D eigenvalue weighted by atomic mass is 16.5. The number of nitrogen functional groups attached to an aromatic ring is 1. The SMILES string of the molecule is COc1cc(C)nc(COc2ccccc2C(=N)N)c1. The van der Waals surface area contributed by atoms with Gasteiger partial charge in [0.05, 0.1) is 18.4 Å². The van der Waals surface area contributed by atoms with Crippen LogP contribution in [0.5, 0.6) is 11.5 Å². The summed E-state index contributed by atoms with van der Waals surface area (Å²) < 4.78 is 10.9. The van der Waals surface area contributed by atoms with Gasteiger partial charge in [0.2, 0.25) is 0 Å². The predicted octanol–water partition coefficient (Wildman–Crippen LogP) is 2.26. The summed E-state index contributed by atoms with van der Waals surface area (Å²) in [6, 6.07) is 10.9. The summed E-state index contributed by atoms with van der Waals surface area (Å²) >= 11 is 0. The van der Waals surface area contributed by atoms with Crippen LogP contribution in [0.2, 0.25) is 0 Å². The smallest absolute Gasteiger partial charge is 0.130 e. The minimum Gasteiger partial charge on any atom is -0.497 e. The number of nitrogens with one attached hydrogen (secondary N) is 1. The Balaban J connectivity index is 2.17. The van der Waals surface area contributed by atoms with Crippen molar-refractivity contribution in [3.63, 3.8) is 0 Å². The van der Waals surface area contributed by atoms with Crippen molar-refractivity contribution < 1.29 is 9.47 Å². The van der Waals surface area contributed by atoms with Crippen LogP contribution in [0.4, 0.5) is 0 Å². The van der Waals surface area contributed by atoms with Gasteiger partial charge < -0.3 is 15.2 Å². The molecule has 5 nitrogen and oxygen atoms in total. The van der Waals surface area contributed by atoms with Gasteiger partial charge in [-0.1, -0.05) is 12.1 Å². The third kappa shape index (κ3) is 3.26. The van der Waals surface area contributed by atoms with Crippen LogP contribution in [-0.4, -0.2) is 17.9 Å². The van der Waals surface area contributed by atoms with Crippen LogP contribution in [-0.2, 0) is 6.61 Å². The second kappa shape index (κ2) is 6.06. The van der Waals surface area contributed by atoms with Gasteiger partial charge in [0, 0.05) is 17.8 Å². The number of benzene rings is 1. The highest BCUT2D eigenvalue weighted by Gasteiger charge is 2.07. The third-order valence-corrected chi connectivity index (χ3v) is 2.77. The summed E-state index contributed by atoms with van der Waals surface area (Å²) in [6.45, 7) is 2.19. The lowest BCUT2D eigenvalue weighted by Crippen LogP contribution is -2.13. The molecule has 0 amide bonds. The van der Waals surface area contributed by atoms with Crippen LogP contribution >= 0.6 is 0 Å². The van der Waals surface area contributed by atoms with E-state index in [-0.39, 0.29) is 5.84 Å². The fraction of sp³-hybridized carbons (Fsp3) is 0.200. The summed E-state index contributed by atoms with van der Waals surface area (Å²) in [7, 11) is 1.62. The Morgan fingerprint density at radius 1 is 1.30 bits per heavy atom. The Morgan fingerprint density at radius 2 is 2.05 bits per heavy atom. The minimum absolute atomic E-state index is 0.0182. The number of methoxy groups -OCH3 is 1. The van der Waals surface area contributed by atoms with Crippen molar-refractivity contribution >= 4 is 5.84 Å². The number of amidine groups is 1. The molecule has 5 heteroatoms. The maximum atomic E-state index is 7.52. The lowest BCUT2D eigenvalue weighted by molar-refractivity contribution is 0.299. The zero-order valence-electron chi connectivity index (χ0n) is 11.5. The van der Waals surface area contributed by atoms with Crippen LogP contribution in [0.3, 0.4) is 0 Å². The maximum Gasteiger partial charge on any atom is 0.130 e. The molecule has 0 aliphatic carbocycles. The van der Waals surface area contributed by atoms with Gasteiger partial charge in [-0.05, 0) is 19.1 Å². The molecular weight excluding hydrogens is 254 g/mol. The number of nitrogens with two attached hydrogens (primary N) is 1. The Bertz CT molecular complexity index is 626. The average molecular weight is 271 g/mol. The van der Waals surface area contributed by atoms with Crippen molar-refractivity contribution in [2.75, 3.05) is 7.11 Å². The quantitative estimate of drug-likeness (QED) is 0.645. The Labute approximate surface area is 117 Å². The molecule has 20 heavy (non-hydrogen) atoms. The lowest BCUT2D eigenvalue weighted by Gasteiger charge is -2.11. The first kappa shape index (κ1) is 13.9. The fourth-order valence-electron chi connectivity index (χ4n) is 1.86. The molecule has 0 fully saturated rings. The molecule has 0 radical (unpaired) electrons. The zero-order valence-corrected chi connectivity index (χ0v) is 11.5. The van der Waals surface area contributed by atoms with Gasteiger partial charge in [0.25, 0.3) is 0 Å². The van der Waals surface area contributed by atoms with E-state index in [9.17, 15) is 0 Å². The van der Waals surface area contributed by atoms with Gasteiger partial charge in [0.1, 0.15) is 23.9 Å². The van der Waals surface area contributed by atoms with E-state index < -0.39 is 0 Å². The maximum absolute atomic E-state index is 7.52. The Morgan fingerprint density at radius 3 is 2.75 bits per heavy atom. The molecule has 0 saturated carbocycles. The van der Waals surface area contributed by atoms with E-state index in [0.717, 1.165) is 17.1 Å². The number of rotatable bonds is 5. The molecule has 0 spiro atoms. The molecule has 2 aromatic rings. The first-order valence-corrected chi connectivity index (χ1v) is 6.18. The number of hydrogen-bond donors (Lipinski definition) is 2. The van der Waals surface area contributed by atoms with E-state index in [1.165, 1.54) is 0 Å². The topological polar surface area (TPSA) is 81.2 Å². The number of nitrogens with zero attached hydrogens (tertiary/aromatic N) is 1. The van der Waals surface area contributed by atoms with Crippen molar-refractivity contribution in [2.45, 2.75) is 13.5 Å². The zero-order chi connectivity index (χ0) is 14.5. The molecule has 1 heterocycles. The van der Waals surface area contributed by atoms with Crippen LogP contribution in [0, 0.1) is 12.3 Å². The number of hydrogen-bond acceptors (Lipinski definition) is 4. The largest absolute Gasteiger partial charge is 0.497 e. The molecule has 0 bridgehead atoms. The summed E-state index contributed by atoms with van der Waals surface area (Å²) in [5.41, 5.74) is 7.72. The summed E-state index contributed by atoms with van der Waals surface area (Å²) in [5.74, 6) is 1.30. The average Bonchev–Trinajstić information content (AvgIpc) is 2.44. The fourth-order valence-corrected chi connectivity index (χ4v) is 1.86. The first-order valence-electron chi connectivity index (χ1n) is 6.18. The molecule has 2 rings (SSSR count). The van der Waals surface area contributed by atoms with E-state index in [1.54, 1.807) is 19.2 Å². The standard InChI is InChI=1S/C15H17N3O2/c1-10-7-12(19-2)8-11(18-10)9-20-14-6-4-3-5-13(14)15(16)17/h3-8H,9H2,1-2H3,(H3,16,17). The number of pyridine rings is 1. The monoisotopic (exact) mass is 271 g/mol. The summed E-state index contributed by atoms with van der Waals surface area (Å²) in [4.78, 5) is 4.38. The van der Waals surface area contributed by atoms with Gasteiger partial charge >= 0.3 is 0 Å². The normalized spacial score (nSPS) is 10.1. The van der Waals surface area contributed by atoms with E-state index >= 15 is 0 Å².